The molecule has 1 aliphatic carbocycles. The maximum atomic E-state index is 14.3. The number of halogens is 3. The molecule has 1 saturated carbocycles. The Morgan fingerprint density at radius 3 is 2.74 bits per heavy atom. The van der Waals surface area contributed by atoms with Crippen LogP contribution < -0.4 is 4.90 Å². The van der Waals surface area contributed by atoms with Crippen molar-refractivity contribution in [1.29, 1.82) is 5.26 Å². The van der Waals surface area contributed by atoms with Crippen LogP contribution in [0.5, 0.6) is 0 Å². The Morgan fingerprint density at radius 1 is 1.21 bits per heavy atom. The molecule has 3 aromatic rings. The van der Waals surface area contributed by atoms with Gasteiger partial charge >= 0.3 is 6.18 Å². The molecule has 3 aliphatic rings. The number of aromatic nitrogens is 3. The second kappa shape index (κ2) is 10.8. The summed E-state index contributed by atoms with van der Waals surface area (Å²) in [6.45, 7) is 4.71. The van der Waals surface area contributed by atoms with E-state index < -0.39 is 17.6 Å². The van der Waals surface area contributed by atoms with Crippen molar-refractivity contribution in [2.75, 3.05) is 31.2 Å². The van der Waals surface area contributed by atoms with Gasteiger partial charge in [0.25, 0.3) is 5.91 Å². The van der Waals surface area contributed by atoms with E-state index in [1.54, 1.807) is 18.5 Å². The number of carbonyl (C=O) groups is 1. The Labute approximate surface area is 242 Å². The number of carbonyl (C=O) groups excluding carboxylic acids is 1. The number of hydrogen-bond acceptors (Lipinski definition) is 6. The fourth-order valence-electron chi connectivity index (χ4n) is 6.72. The highest BCUT2D eigenvalue weighted by atomic mass is 19.4. The molecule has 0 radical (unpaired) electrons. The van der Waals surface area contributed by atoms with E-state index in [-0.39, 0.29) is 34.9 Å². The fourth-order valence-corrected chi connectivity index (χ4v) is 6.72. The van der Waals surface area contributed by atoms with Gasteiger partial charge in [-0.3, -0.25) is 9.69 Å². The van der Waals surface area contributed by atoms with Crippen LogP contribution in [0.1, 0.15) is 58.2 Å². The van der Waals surface area contributed by atoms with Crippen molar-refractivity contribution in [1.82, 2.24) is 19.7 Å². The highest BCUT2D eigenvalue weighted by Gasteiger charge is 2.47. The van der Waals surface area contributed by atoms with Crippen LogP contribution >= 0.6 is 0 Å². The summed E-state index contributed by atoms with van der Waals surface area (Å²) in [5, 5.41) is 17.7. The van der Waals surface area contributed by atoms with Crippen molar-refractivity contribution in [2.24, 2.45) is 18.9 Å². The number of nitriles is 1. The van der Waals surface area contributed by atoms with Gasteiger partial charge in [-0.1, -0.05) is 19.1 Å². The number of ether oxygens (including phenoxy) is 1. The molecule has 8 nitrogen and oxygen atoms in total. The Morgan fingerprint density at radius 2 is 2.02 bits per heavy atom. The topological polar surface area (TPSA) is 87.3 Å². The molecule has 0 N–H and O–H groups in total. The summed E-state index contributed by atoms with van der Waals surface area (Å²) in [5.74, 6) is 0.526. The second-order valence-electron chi connectivity index (χ2n) is 12.1. The van der Waals surface area contributed by atoms with Gasteiger partial charge in [-0.15, -0.1) is 10.2 Å². The summed E-state index contributed by atoms with van der Waals surface area (Å²) in [6.07, 6.45) is -1.12. The van der Waals surface area contributed by atoms with E-state index in [1.165, 1.54) is 11.0 Å². The number of anilines is 1. The first-order chi connectivity index (χ1) is 20.1. The molecule has 1 aromatic heterocycles. The molecule has 11 heteroatoms. The van der Waals surface area contributed by atoms with Gasteiger partial charge in [0.1, 0.15) is 12.2 Å². The zero-order valence-corrected chi connectivity index (χ0v) is 23.7. The number of rotatable bonds is 6. The van der Waals surface area contributed by atoms with Crippen LogP contribution in [-0.2, 0) is 42.9 Å². The summed E-state index contributed by atoms with van der Waals surface area (Å²) in [7, 11) is 1.87. The molecule has 0 spiro atoms. The molecule has 6 rings (SSSR count). The molecule has 220 valence electrons. The number of hydrogen-bond donors (Lipinski definition) is 0. The number of alkyl halides is 3. The third-order valence-electron chi connectivity index (χ3n) is 8.87. The van der Waals surface area contributed by atoms with Crippen molar-refractivity contribution in [3.05, 3.63) is 76.4 Å². The van der Waals surface area contributed by atoms with Crippen molar-refractivity contribution < 1.29 is 22.7 Å². The minimum atomic E-state index is -4.59. The first kappa shape index (κ1) is 28.4. The Bertz CT molecular complexity index is 1540. The van der Waals surface area contributed by atoms with Gasteiger partial charge in [-0.05, 0) is 59.7 Å². The van der Waals surface area contributed by atoms with Crippen LogP contribution in [0.25, 0.3) is 0 Å². The lowest BCUT2D eigenvalue weighted by molar-refractivity contribution is -0.138. The highest BCUT2D eigenvalue weighted by Crippen LogP contribution is 2.50. The van der Waals surface area contributed by atoms with E-state index in [2.05, 4.69) is 28.1 Å². The molecule has 2 aliphatic heterocycles. The zero-order valence-electron chi connectivity index (χ0n) is 23.7. The summed E-state index contributed by atoms with van der Waals surface area (Å²) in [4.78, 5) is 17.3. The summed E-state index contributed by atoms with van der Waals surface area (Å²) < 4.78 is 50.5. The third-order valence-corrected chi connectivity index (χ3v) is 8.87. The Hall–Kier alpha value is -3.75. The van der Waals surface area contributed by atoms with Gasteiger partial charge in [-0.2, -0.15) is 18.4 Å². The number of amides is 1. The average Bonchev–Trinajstić information content (AvgIpc) is 3.41. The van der Waals surface area contributed by atoms with E-state index >= 15 is 0 Å². The predicted octanol–water partition coefficient (Wildman–Crippen LogP) is 4.88. The molecule has 1 amide bonds. The predicted molar refractivity (Wildman–Crippen MR) is 148 cm³/mol. The molecule has 1 atom stereocenters. The normalized spacial score (nSPS) is 24.7. The van der Waals surface area contributed by atoms with Gasteiger partial charge in [0.2, 0.25) is 0 Å². The zero-order chi connectivity index (χ0) is 29.6. The standard InChI is InChI=1S/C31H33F3N6O2/c1-20-15-39(6-7-42-18-20)16-21-8-25-26(27(9-21)31(32,33)34)17-40(29(25)41)24-5-3-4-23(10-24)30(11-22(12-30)14-35)13-28-37-36-19-38(28)2/h3-5,8-10,19-20,22H,6-7,11-13,15-18H2,1-2H3/t20?,22-,30-. The quantitative estimate of drug-likeness (QED) is 0.415. The first-order valence-corrected chi connectivity index (χ1v) is 14.2. The van der Waals surface area contributed by atoms with Crippen LogP contribution in [-0.4, -0.2) is 51.9 Å². The largest absolute Gasteiger partial charge is 0.416 e. The van der Waals surface area contributed by atoms with Gasteiger partial charge in [0.05, 0.1) is 31.4 Å². The van der Waals surface area contributed by atoms with Crippen molar-refractivity contribution in [3.63, 3.8) is 0 Å². The monoisotopic (exact) mass is 578 g/mol. The lowest BCUT2D eigenvalue weighted by atomic mass is 9.57. The van der Waals surface area contributed by atoms with Gasteiger partial charge in [-0.25, -0.2) is 0 Å². The van der Waals surface area contributed by atoms with Gasteiger partial charge < -0.3 is 14.2 Å². The molecule has 42 heavy (non-hydrogen) atoms. The third kappa shape index (κ3) is 5.29. The smallest absolute Gasteiger partial charge is 0.380 e. The first-order valence-electron chi connectivity index (χ1n) is 14.2. The van der Waals surface area contributed by atoms with E-state index in [9.17, 15) is 23.2 Å². The Balaban J connectivity index is 1.31. The molecule has 2 aromatic carbocycles. The van der Waals surface area contributed by atoms with Crippen molar-refractivity contribution in [3.8, 4) is 6.07 Å². The van der Waals surface area contributed by atoms with E-state index in [0.717, 1.165) is 11.4 Å². The number of benzene rings is 2. The summed E-state index contributed by atoms with van der Waals surface area (Å²) in [5.41, 5.74) is 0.939. The minimum Gasteiger partial charge on any atom is -0.380 e. The molecule has 3 heterocycles. The van der Waals surface area contributed by atoms with E-state index in [4.69, 9.17) is 4.74 Å². The molecule has 2 fully saturated rings. The van der Waals surface area contributed by atoms with Crippen LogP contribution in [0.3, 0.4) is 0 Å². The second-order valence-corrected chi connectivity index (χ2v) is 12.1. The lowest BCUT2D eigenvalue weighted by Crippen LogP contribution is -2.43. The maximum Gasteiger partial charge on any atom is 0.416 e. The molecular weight excluding hydrogens is 545 g/mol. The minimum absolute atomic E-state index is 0.0104. The van der Waals surface area contributed by atoms with Crippen molar-refractivity contribution in [2.45, 2.75) is 50.9 Å². The van der Waals surface area contributed by atoms with Gasteiger partial charge in [0.15, 0.2) is 0 Å². The average molecular weight is 579 g/mol. The van der Waals surface area contributed by atoms with Crippen LogP contribution in [0, 0.1) is 23.2 Å². The summed E-state index contributed by atoms with van der Waals surface area (Å²) >= 11 is 0. The van der Waals surface area contributed by atoms with Crippen LogP contribution in [0.15, 0.2) is 42.7 Å². The van der Waals surface area contributed by atoms with E-state index in [1.807, 2.05) is 29.8 Å². The lowest BCUT2D eigenvalue weighted by Gasteiger charge is -2.45. The van der Waals surface area contributed by atoms with Gasteiger partial charge in [0, 0.05) is 55.7 Å². The Kier molecular flexibility index (Phi) is 7.31. The number of fused-ring (bicyclic) bond motifs is 1. The van der Waals surface area contributed by atoms with E-state index in [0.29, 0.717) is 63.4 Å². The summed E-state index contributed by atoms with van der Waals surface area (Å²) in [6, 6.07) is 12.6. The molecule has 1 saturated heterocycles. The SMILES string of the molecule is CC1COCCN(Cc2cc3c(c(C(F)(F)F)c2)CN(c2cccc([C@]4(Cc5nncn5C)C[C@@H](C#N)C4)c2)C3=O)C1. The van der Waals surface area contributed by atoms with Crippen LogP contribution in [0.4, 0.5) is 18.9 Å². The van der Waals surface area contributed by atoms with Crippen molar-refractivity contribution >= 4 is 11.6 Å². The number of nitrogens with zero attached hydrogens (tertiary/aromatic N) is 6. The molecular formula is C31H33F3N6O2. The highest BCUT2D eigenvalue weighted by molar-refractivity contribution is 6.10. The maximum absolute atomic E-state index is 14.3. The van der Waals surface area contributed by atoms with Crippen LogP contribution in [0.2, 0.25) is 0 Å². The fraction of sp³-hybridized carbons (Fsp3) is 0.484. The number of aryl methyl sites for hydroxylation is 1. The molecule has 1 unspecified atom stereocenters. The molecule has 0 bridgehead atoms.